The third-order valence-corrected chi connectivity index (χ3v) is 6.32. The van der Waals surface area contributed by atoms with Crippen LogP contribution in [-0.2, 0) is 4.74 Å². The average Bonchev–Trinajstić information content (AvgIpc) is 3.37. The molecular weight excluding hydrogens is 520 g/mol. The number of hydrogen-bond donors (Lipinski definition) is 3. The molecule has 1 aliphatic heterocycles. The highest BCUT2D eigenvalue weighted by Crippen LogP contribution is 2.40. The number of anilines is 1. The highest BCUT2D eigenvalue weighted by atomic mass is 19.1. The molecule has 0 saturated heterocycles. The van der Waals surface area contributed by atoms with E-state index >= 15 is 8.78 Å². The summed E-state index contributed by atoms with van der Waals surface area (Å²) in [4.78, 5) is 11.6. The van der Waals surface area contributed by atoms with Crippen molar-refractivity contribution in [2.24, 2.45) is 10.4 Å². The summed E-state index contributed by atoms with van der Waals surface area (Å²) in [5, 5.41) is 22.2. The van der Waals surface area contributed by atoms with Crippen LogP contribution in [0.15, 0.2) is 53.8 Å². The Kier molecular flexibility index (Phi) is 7.28. The Labute approximate surface area is 229 Å². The molecule has 206 valence electrons. The van der Waals surface area contributed by atoms with Crippen molar-refractivity contribution in [2.45, 2.75) is 26.9 Å². The molecular formula is C29H27F2N5O4. The van der Waals surface area contributed by atoms with Crippen LogP contribution in [0.2, 0.25) is 0 Å². The van der Waals surface area contributed by atoms with E-state index in [0.717, 1.165) is 12.1 Å². The lowest BCUT2D eigenvalue weighted by Crippen LogP contribution is -2.38. The van der Waals surface area contributed by atoms with Crippen LogP contribution in [0.4, 0.5) is 14.5 Å². The quantitative estimate of drug-likeness (QED) is 0.269. The van der Waals surface area contributed by atoms with E-state index in [1.54, 1.807) is 24.4 Å². The van der Waals surface area contributed by atoms with Gasteiger partial charge in [-0.25, -0.2) is 18.8 Å². The predicted octanol–water partition coefficient (Wildman–Crippen LogP) is 5.76. The van der Waals surface area contributed by atoms with E-state index in [9.17, 15) is 10.4 Å². The molecule has 1 aliphatic rings. The average molecular weight is 548 g/mol. The van der Waals surface area contributed by atoms with Crippen LogP contribution in [0, 0.1) is 28.4 Å². The number of aliphatic hydroxyl groups excluding tert-OH is 1. The number of fused-ring (bicyclic) bond motifs is 1. The summed E-state index contributed by atoms with van der Waals surface area (Å²) < 4.78 is 47.4. The Bertz CT molecular complexity index is 1620. The smallest absolute Gasteiger partial charge is 0.289 e. The molecule has 0 bridgehead atoms. The summed E-state index contributed by atoms with van der Waals surface area (Å²) in [6.07, 6.45) is 3.03. The van der Waals surface area contributed by atoms with Crippen molar-refractivity contribution in [2.75, 3.05) is 25.1 Å². The van der Waals surface area contributed by atoms with Crippen molar-refractivity contribution >= 4 is 22.7 Å². The van der Waals surface area contributed by atoms with Crippen molar-refractivity contribution in [1.82, 2.24) is 9.97 Å². The first kappa shape index (κ1) is 26.9. The highest BCUT2D eigenvalue weighted by Gasteiger charge is 2.29. The van der Waals surface area contributed by atoms with Crippen molar-refractivity contribution < 1.29 is 28.1 Å². The van der Waals surface area contributed by atoms with Crippen LogP contribution in [-0.4, -0.2) is 47.0 Å². The molecule has 5 rings (SSSR count). The molecule has 0 spiro atoms. The summed E-state index contributed by atoms with van der Waals surface area (Å²) in [6, 6.07) is 11.0. The lowest BCUT2D eigenvalue weighted by Gasteiger charge is -2.30. The number of benzene rings is 2. The Hall–Kier alpha value is -4.69. The van der Waals surface area contributed by atoms with Crippen LogP contribution >= 0.6 is 0 Å². The van der Waals surface area contributed by atoms with Crippen molar-refractivity contribution in [3.8, 4) is 34.4 Å². The van der Waals surface area contributed by atoms with Gasteiger partial charge in [0.2, 0.25) is 0 Å². The van der Waals surface area contributed by atoms with Gasteiger partial charge in [0.15, 0.2) is 17.4 Å². The van der Waals surface area contributed by atoms with Crippen molar-refractivity contribution in [3.05, 3.63) is 66.0 Å². The summed E-state index contributed by atoms with van der Waals surface area (Å²) in [6.45, 7) is 5.97. The first-order valence-corrected chi connectivity index (χ1v) is 12.6. The molecule has 1 atom stereocenters. The molecule has 0 saturated carbocycles. The number of pyridine rings is 1. The zero-order valence-electron chi connectivity index (χ0n) is 22.1. The van der Waals surface area contributed by atoms with Crippen LogP contribution < -0.4 is 14.8 Å². The van der Waals surface area contributed by atoms with Gasteiger partial charge in [-0.1, -0.05) is 13.0 Å². The number of nitriles is 1. The second-order valence-electron chi connectivity index (χ2n) is 10.1. The predicted molar refractivity (Wildman–Crippen MR) is 146 cm³/mol. The van der Waals surface area contributed by atoms with Gasteiger partial charge < -0.3 is 29.6 Å². The van der Waals surface area contributed by atoms with Gasteiger partial charge in [-0.3, -0.25) is 0 Å². The SMILES string of the molecule is CC(C)Oc1cc(-c2c[nH]c3nccc(Oc4c(F)cc(NC5=NCC(C)(CO)CO5)cc4F)c23)ccc1C#N. The number of hydrogen-bond acceptors (Lipinski definition) is 8. The van der Waals surface area contributed by atoms with Gasteiger partial charge in [-0.15, -0.1) is 0 Å². The maximum absolute atomic E-state index is 15.1. The monoisotopic (exact) mass is 547 g/mol. The lowest BCUT2D eigenvalue weighted by atomic mass is 9.93. The first-order chi connectivity index (χ1) is 19.2. The minimum atomic E-state index is -0.938. The molecule has 1 unspecified atom stereocenters. The van der Waals surface area contributed by atoms with E-state index in [2.05, 4.69) is 26.3 Å². The number of halogens is 2. The number of aliphatic hydroxyl groups is 1. The number of nitrogens with one attached hydrogen (secondary N) is 2. The largest absolute Gasteiger partial charge is 0.490 e. The number of aromatic nitrogens is 2. The molecule has 2 aromatic carbocycles. The summed E-state index contributed by atoms with van der Waals surface area (Å²) in [7, 11) is 0. The van der Waals surface area contributed by atoms with Gasteiger partial charge in [0.05, 0.1) is 30.2 Å². The van der Waals surface area contributed by atoms with Crippen LogP contribution in [0.3, 0.4) is 0 Å². The molecule has 4 aromatic rings. The standard InChI is InChI=1S/C29H27F2N5O4/c1-16(2)39-24-8-17(4-5-18(24)11-32)20-12-34-27-25(20)23(6-7-33-27)40-26-21(30)9-19(10-22(26)31)36-28-35-13-29(3,14-37)15-38-28/h4-10,12,16,37H,13-15H2,1-3H3,(H,33,34)(H,35,36). The molecule has 11 heteroatoms. The fourth-order valence-electron chi connectivity index (χ4n) is 4.20. The van der Waals surface area contributed by atoms with Gasteiger partial charge in [0.1, 0.15) is 29.8 Å². The van der Waals surface area contributed by atoms with E-state index < -0.39 is 22.8 Å². The minimum Gasteiger partial charge on any atom is -0.490 e. The molecule has 0 radical (unpaired) electrons. The summed E-state index contributed by atoms with van der Waals surface area (Å²) in [5.41, 5.74) is 1.77. The number of rotatable bonds is 7. The van der Waals surface area contributed by atoms with E-state index in [-0.39, 0.29) is 36.8 Å². The molecule has 40 heavy (non-hydrogen) atoms. The Balaban J connectivity index is 1.46. The first-order valence-electron chi connectivity index (χ1n) is 12.6. The number of aliphatic imine (C=N–C) groups is 1. The summed E-state index contributed by atoms with van der Waals surface area (Å²) in [5.74, 6) is -1.87. The maximum Gasteiger partial charge on any atom is 0.289 e. The number of aromatic amines is 1. The third-order valence-electron chi connectivity index (χ3n) is 6.32. The van der Waals surface area contributed by atoms with E-state index in [1.807, 2.05) is 20.8 Å². The Morgan fingerprint density at radius 1 is 1.20 bits per heavy atom. The zero-order valence-corrected chi connectivity index (χ0v) is 22.1. The van der Waals surface area contributed by atoms with Gasteiger partial charge in [0, 0.05) is 41.2 Å². The second-order valence-corrected chi connectivity index (χ2v) is 10.1. The fourth-order valence-corrected chi connectivity index (χ4v) is 4.20. The zero-order chi connectivity index (χ0) is 28.4. The van der Waals surface area contributed by atoms with Crippen molar-refractivity contribution in [3.63, 3.8) is 0 Å². The van der Waals surface area contributed by atoms with E-state index in [0.29, 0.717) is 40.0 Å². The second kappa shape index (κ2) is 10.8. The number of H-pyrrole nitrogens is 1. The summed E-state index contributed by atoms with van der Waals surface area (Å²) >= 11 is 0. The van der Waals surface area contributed by atoms with E-state index in [1.165, 1.54) is 12.3 Å². The molecule has 0 aliphatic carbocycles. The van der Waals surface area contributed by atoms with Crippen LogP contribution in [0.5, 0.6) is 17.2 Å². The van der Waals surface area contributed by atoms with Gasteiger partial charge in [0.25, 0.3) is 6.02 Å². The van der Waals surface area contributed by atoms with Crippen LogP contribution in [0.25, 0.3) is 22.2 Å². The topological polar surface area (TPSA) is 125 Å². The van der Waals surface area contributed by atoms with Gasteiger partial charge >= 0.3 is 0 Å². The number of nitrogens with zero attached hydrogens (tertiary/aromatic N) is 3. The number of ether oxygens (including phenoxy) is 3. The number of amidine groups is 1. The molecule has 2 aromatic heterocycles. The van der Waals surface area contributed by atoms with Gasteiger partial charge in [-0.2, -0.15) is 5.26 Å². The highest BCUT2D eigenvalue weighted by molar-refractivity contribution is 5.98. The Morgan fingerprint density at radius 3 is 2.62 bits per heavy atom. The lowest BCUT2D eigenvalue weighted by molar-refractivity contribution is 0.0706. The fraction of sp³-hybridized carbons (Fsp3) is 0.276. The molecule has 3 heterocycles. The molecule has 3 N–H and O–H groups in total. The minimum absolute atomic E-state index is 0.0891. The van der Waals surface area contributed by atoms with Crippen molar-refractivity contribution in [1.29, 1.82) is 5.26 Å². The molecule has 0 fully saturated rings. The van der Waals surface area contributed by atoms with Crippen LogP contribution in [0.1, 0.15) is 26.3 Å². The third kappa shape index (κ3) is 5.39. The van der Waals surface area contributed by atoms with Gasteiger partial charge in [-0.05, 0) is 37.6 Å². The maximum atomic E-state index is 15.1. The Morgan fingerprint density at radius 2 is 1.98 bits per heavy atom. The van der Waals surface area contributed by atoms with E-state index in [4.69, 9.17) is 14.2 Å². The normalized spacial score (nSPS) is 16.8. The molecule has 9 nitrogen and oxygen atoms in total. The molecule has 0 amide bonds.